The van der Waals surface area contributed by atoms with Crippen LogP contribution in [-0.2, 0) is 38.2 Å². The first-order valence-electron chi connectivity index (χ1n) is 11.8. The minimum atomic E-state index is -0.352. The third kappa shape index (κ3) is 9.68. The Morgan fingerprint density at radius 1 is 0.529 bits per heavy atom. The number of ether oxygens (including phenoxy) is 2. The Hall–Kier alpha value is -3.30. The maximum atomic E-state index is 11.7. The Morgan fingerprint density at radius 3 is 1.21 bits per heavy atom. The van der Waals surface area contributed by atoms with Crippen molar-refractivity contribution in [3.05, 3.63) is 24.3 Å². The summed E-state index contributed by atoms with van der Waals surface area (Å²) in [6, 6.07) is 0. The van der Waals surface area contributed by atoms with Crippen LogP contribution in [0.1, 0.15) is 64.2 Å². The van der Waals surface area contributed by atoms with Crippen LogP contribution >= 0.6 is 0 Å². The van der Waals surface area contributed by atoms with Gasteiger partial charge < -0.3 is 9.47 Å². The highest BCUT2D eigenvalue weighted by molar-refractivity contribution is 6.13. The second-order valence-corrected chi connectivity index (χ2v) is 8.09. The summed E-state index contributed by atoms with van der Waals surface area (Å²) < 4.78 is 10.1. The second kappa shape index (κ2) is 14.8. The molecule has 2 rings (SSSR count). The topological polar surface area (TPSA) is 127 Å². The van der Waals surface area contributed by atoms with Gasteiger partial charge >= 0.3 is 11.9 Å². The molecule has 186 valence electrons. The van der Waals surface area contributed by atoms with Gasteiger partial charge in [0, 0.05) is 50.2 Å². The molecule has 0 aromatic heterocycles. The van der Waals surface area contributed by atoms with E-state index in [-0.39, 0.29) is 61.6 Å². The fourth-order valence-electron chi connectivity index (χ4n) is 3.54. The van der Waals surface area contributed by atoms with Crippen molar-refractivity contribution < 1.29 is 38.2 Å². The van der Waals surface area contributed by atoms with Gasteiger partial charge in [0.25, 0.3) is 23.6 Å². The van der Waals surface area contributed by atoms with Gasteiger partial charge in [0.1, 0.15) is 13.2 Å². The van der Waals surface area contributed by atoms with Crippen LogP contribution in [0, 0.1) is 0 Å². The molecule has 2 heterocycles. The predicted octanol–water partition coefficient (Wildman–Crippen LogP) is 1.82. The summed E-state index contributed by atoms with van der Waals surface area (Å²) in [5, 5.41) is 0. The first-order valence-corrected chi connectivity index (χ1v) is 11.8. The number of hydrogen-bond acceptors (Lipinski definition) is 8. The Labute approximate surface area is 198 Å². The van der Waals surface area contributed by atoms with E-state index in [0.717, 1.165) is 25.7 Å². The van der Waals surface area contributed by atoms with Crippen molar-refractivity contribution in [2.24, 2.45) is 0 Å². The highest BCUT2D eigenvalue weighted by Crippen LogP contribution is 2.10. The summed E-state index contributed by atoms with van der Waals surface area (Å²) in [6.07, 6.45) is 11.4. The zero-order valence-corrected chi connectivity index (χ0v) is 19.4. The van der Waals surface area contributed by atoms with Crippen LogP contribution in [0.15, 0.2) is 24.3 Å². The van der Waals surface area contributed by atoms with Crippen molar-refractivity contribution >= 4 is 35.6 Å². The molecule has 0 saturated heterocycles. The van der Waals surface area contributed by atoms with E-state index < -0.39 is 0 Å². The Bertz CT molecular complexity index is 729. The van der Waals surface area contributed by atoms with Crippen molar-refractivity contribution in [3.8, 4) is 0 Å². The smallest absolute Gasteiger partial charge is 0.305 e. The zero-order valence-electron chi connectivity index (χ0n) is 19.4. The molecular formula is C24H32N2O8. The number of imide groups is 2. The molecular weight excluding hydrogens is 444 g/mol. The van der Waals surface area contributed by atoms with Crippen LogP contribution < -0.4 is 0 Å². The maximum absolute atomic E-state index is 11.7. The minimum Gasteiger partial charge on any atom is -0.462 e. The lowest BCUT2D eigenvalue weighted by atomic mass is 10.1. The van der Waals surface area contributed by atoms with Gasteiger partial charge in [-0.3, -0.25) is 38.6 Å². The Morgan fingerprint density at radius 2 is 0.853 bits per heavy atom. The number of hydrogen-bond donors (Lipinski definition) is 0. The average Bonchev–Trinajstić information content (AvgIpc) is 3.30. The average molecular weight is 477 g/mol. The molecule has 10 heteroatoms. The van der Waals surface area contributed by atoms with Gasteiger partial charge in [0.15, 0.2) is 0 Å². The van der Waals surface area contributed by atoms with Gasteiger partial charge in [-0.05, 0) is 25.7 Å². The van der Waals surface area contributed by atoms with E-state index in [0.29, 0.717) is 38.8 Å². The second-order valence-electron chi connectivity index (χ2n) is 8.09. The highest BCUT2D eigenvalue weighted by atomic mass is 16.6. The molecule has 0 saturated carbocycles. The van der Waals surface area contributed by atoms with Gasteiger partial charge in [-0.2, -0.15) is 0 Å². The molecule has 0 radical (unpaired) electrons. The lowest BCUT2D eigenvalue weighted by molar-refractivity contribution is -0.152. The monoisotopic (exact) mass is 476 g/mol. The molecule has 0 unspecified atom stereocenters. The number of nitrogens with zero attached hydrogens (tertiary/aromatic N) is 2. The molecule has 0 aromatic rings. The summed E-state index contributed by atoms with van der Waals surface area (Å²) in [6.45, 7) is 0.809. The molecule has 2 aliphatic heterocycles. The highest BCUT2D eigenvalue weighted by Gasteiger charge is 2.23. The van der Waals surface area contributed by atoms with Crippen molar-refractivity contribution in [3.63, 3.8) is 0 Å². The van der Waals surface area contributed by atoms with Gasteiger partial charge in [-0.15, -0.1) is 0 Å². The number of rotatable bonds is 17. The minimum absolute atomic E-state index is 0.0166. The zero-order chi connectivity index (χ0) is 24.8. The van der Waals surface area contributed by atoms with Gasteiger partial charge in [0.2, 0.25) is 0 Å². The molecule has 0 aromatic carbocycles. The van der Waals surface area contributed by atoms with Crippen LogP contribution in [0.5, 0.6) is 0 Å². The van der Waals surface area contributed by atoms with Crippen LogP contribution in [0.2, 0.25) is 0 Å². The van der Waals surface area contributed by atoms with Gasteiger partial charge in [-0.25, -0.2) is 0 Å². The normalized spacial score (nSPS) is 15.1. The molecule has 0 N–H and O–H groups in total. The Kier molecular flexibility index (Phi) is 11.7. The number of carbonyl (C=O) groups is 6. The molecule has 0 fully saturated rings. The standard InChI is InChI=1S/C24H32N2O8/c27-19-11-12-20(28)25(19)15-7-3-1-5-9-23(31)33-17-18-34-24(32)10-6-2-4-8-16-26-21(29)13-14-22(26)30/h11-14H,1-10,15-18H2. The van der Waals surface area contributed by atoms with Crippen LogP contribution in [-0.4, -0.2) is 71.7 Å². The largest absolute Gasteiger partial charge is 0.462 e. The van der Waals surface area contributed by atoms with E-state index >= 15 is 0 Å². The maximum Gasteiger partial charge on any atom is 0.305 e. The van der Waals surface area contributed by atoms with E-state index in [1.54, 1.807) is 0 Å². The molecule has 4 amide bonds. The van der Waals surface area contributed by atoms with E-state index in [1.807, 2.05) is 0 Å². The SMILES string of the molecule is O=C(CCCCCCN1C(=O)C=CC1=O)OCCOC(=O)CCCCCCN1C(=O)C=CC1=O. The molecule has 0 aliphatic carbocycles. The lowest BCUT2D eigenvalue weighted by Gasteiger charge is -2.13. The summed E-state index contributed by atoms with van der Waals surface area (Å²) in [5.41, 5.74) is 0. The van der Waals surface area contributed by atoms with Gasteiger partial charge in [-0.1, -0.05) is 25.7 Å². The third-order valence-corrected chi connectivity index (χ3v) is 5.44. The molecule has 0 spiro atoms. The quantitative estimate of drug-likeness (QED) is 0.177. The van der Waals surface area contributed by atoms with Crippen molar-refractivity contribution in [2.75, 3.05) is 26.3 Å². The summed E-state index contributed by atoms with van der Waals surface area (Å²) in [7, 11) is 0. The number of amides is 4. The van der Waals surface area contributed by atoms with E-state index in [4.69, 9.17) is 9.47 Å². The number of carbonyl (C=O) groups excluding carboxylic acids is 6. The van der Waals surface area contributed by atoms with Crippen LogP contribution in [0.25, 0.3) is 0 Å². The summed E-state index contributed by atoms with van der Waals surface area (Å²) >= 11 is 0. The molecule has 0 atom stereocenters. The summed E-state index contributed by atoms with van der Waals surface area (Å²) in [5.74, 6) is -1.82. The van der Waals surface area contributed by atoms with Crippen LogP contribution in [0.3, 0.4) is 0 Å². The third-order valence-electron chi connectivity index (χ3n) is 5.44. The number of unbranched alkanes of at least 4 members (excludes halogenated alkanes) is 6. The van der Waals surface area contributed by atoms with Crippen LogP contribution in [0.4, 0.5) is 0 Å². The van der Waals surface area contributed by atoms with E-state index in [9.17, 15) is 28.8 Å². The lowest BCUT2D eigenvalue weighted by Crippen LogP contribution is -2.30. The van der Waals surface area contributed by atoms with E-state index in [1.165, 1.54) is 34.1 Å². The van der Waals surface area contributed by atoms with Crippen molar-refractivity contribution in [2.45, 2.75) is 64.2 Å². The van der Waals surface area contributed by atoms with Gasteiger partial charge in [0.05, 0.1) is 0 Å². The first-order chi connectivity index (χ1) is 16.4. The predicted molar refractivity (Wildman–Crippen MR) is 120 cm³/mol. The van der Waals surface area contributed by atoms with E-state index in [2.05, 4.69) is 0 Å². The molecule has 34 heavy (non-hydrogen) atoms. The first kappa shape index (κ1) is 26.9. The fraction of sp³-hybridized carbons (Fsp3) is 0.583. The number of esters is 2. The van der Waals surface area contributed by atoms with Crippen molar-refractivity contribution in [1.29, 1.82) is 0 Å². The Balaban J connectivity index is 1.35. The molecule has 10 nitrogen and oxygen atoms in total. The van der Waals surface area contributed by atoms with Crippen molar-refractivity contribution in [1.82, 2.24) is 9.80 Å². The molecule has 2 aliphatic rings. The summed E-state index contributed by atoms with van der Waals surface area (Å²) in [4.78, 5) is 71.5. The fourth-order valence-corrected chi connectivity index (χ4v) is 3.54. The molecule has 0 bridgehead atoms.